The number of amides is 1. The minimum Gasteiger partial charge on any atom is -0.495 e. The summed E-state index contributed by atoms with van der Waals surface area (Å²) in [5, 5.41) is 5.09. The summed E-state index contributed by atoms with van der Waals surface area (Å²) in [5.41, 5.74) is 2.02. The van der Waals surface area contributed by atoms with Crippen LogP contribution in [0.25, 0.3) is 10.8 Å². The van der Waals surface area contributed by atoms with Gasteiger partial charge in [-0.3, -0.25) is 9.59 Å². The number of thiazole rings is 1. The van der Waals surface area contributed by atoms with Crippen LogP contribution in [0, 0.1) is 6.92 Å². The van der Waals surface area contributed by atoms with E-state index in [0.29, 0.717) is 28.0 Å². The summed E-state index contributed by atoms with van der Waals surface area (Å²) in [6, 6.07) is 7.14. The molecule has 8 nitrogen and oxygen atoms in total. The van der Waals surface area contributed by atoms with Crippen molar-refractivity contribution in [2.24, 2.45) is 0 Å². The maximum Gasteiger partial charge on any atom is 0.312 e. The number of hydrogen-bond acceptors (Lipinski definition) is 8. The maximum atomic E-state index is 12.4. The molecule has 2 aromatic heterocycles. The van der Waals surface area contributed by atoms with Gasteiger partial charge in [0.1, 0.15) is 5.75 Å². The predicted octanol–water partition coefficient (Wildman–Crippen LogP) is 3.03. The Labute approximate surface area is 171 Å². The number of benzene rings is 1. The molecule has 1 atom stereocenters. The molecule has 0 saturated heterocycles. The molecule has 0 radical (unpaired) electrons. The van der Waals surface area contributed by atoms with E-state index in [-0.39, 0.29) is 6.42 Å². The van der Waals surface area contributed by atoms with Crippen LogP contribution < -0.4 is 10.1 Å². The van der Waals surface area contributed by atoms with Gasteiger partial charge in [0, 0.05) is 17.8 Å². The third-order valence-corrected chi connectivity index (χ3v) is 4.81. The number of anilines is 1. The fourth-order valence-corrected chi connectivity index (χ4v) is 3.26. The Hall–Kier alpha value is -3.33. The van der Waals surface area contributed by atoms with Crippen molar-refractivity contribution in [1.29, 1.82) is 0 Å². The van der Waals surface area contributed by atoms with Crippen LogP contribution >= 0.6 is 11.3 Å². The van der Waals surface area contributed by atoms with E-state index >= 15 is 0 Å². The lowest BCUT2D eigenvalue weighted by Crippen LogP contribution is -2.30. The molecule has 9 heteroatoms. The highest BCUT2D eigenvalue weighted by atomic mass is 32.1. The summed E-state index contributed by atoms with van der Waals surface area (Å²) in [5.74, 6) is 0.0335. The zero-order valence-electron chi connectivity index (χ0n) is 16.2. The molecule has 1 aromatic carbocycles. The molecule has 0 spiro atoms. The highest BCUT2D eigenvalue weighted by Crippen LogP contribution is 2.25. The van der Waals surface area contributed by atoms with Crippen molar-refractivity contribution in [3.63, 3.8) is 0 Å². The van der Waals surface area contributed by atoms with Crippen molar-refractivity contribution >= 4 is 28.9 Å². The molecule has 29 heavy (non-hydrogen) atoms. The molecule has 150 valence electrons. The molecule has 3 aromatic rings. The van der Waals surface area contributed by atoms with Gasteiger partial charge in [-0.1, -0.05) is 6.07 Å². The van der Waals surface area contributed by atoms with Crippen molar-refractivity contribution < 1.29 is 19.1 Å². The molecule has 0 aliphatic rings. The number of carbonyl (C=O) groups excluding carboxylic acids is 2. The number of aryl methyl sites for hydroxylation is 1. The van der Waals surface area contributed by atoms with Crippen LogP contribution in [0.3, 0.4) is 0 Å². The van der Waals surface area contributed by atoms with Crippen LogP contribution in [-0.4, -0.2) is 40.0 Å². The fourth-order valence-electron chi connectivity index (χ4n) is 2.49. The van der Waals surface area contributed by atoms with E-state index < -0.39 is 18.0 Å². The molecule has 0 bridgehead atoms. The molecule has 0 fully saturated rings. The minimum absolute atomic E-state index is 0.0469. The summed E-state index contributed by atoms with van der Waals surface area (Å²) < 4.78 is 10.5. The number of methoxy groups -OCH3 is 1. The van der Waals surface area contributed by atoms with Crippen molar-refractivity contribution in [2.75, 3.05) is 12.4 Å². The zero-order valence-corrected chi connectivity index (χ0v) is 17.0. The van der Waals surface area contributed by atoms with Crippen LogP contribution in [0.2, 0.25) is 0 Å². The Bertz CT molecular complexity index is 1010. The smallest absolute Gasteiger partial charge is 0.312 e. The van der Waals surface area contributed by atoms with Gasteiger partial charge in [0.2, 0.25) is 0 Å². The van der Waals surface area contributed by atoms with Crippen molar-refractivity contribution in [1.82, 2.24) is 15.0 Å². The first-order valence-corrected chi connectivity index (χ1v) is 9.71. The predicted molar refractivity (Wildman–Crippen MR) is 109 cm³/mol. The molecule has 3 rings (SSSR count). The first-order chi connectivity index (χ1) is 14.0. The lowest BCUT2D eigenvalue weighted by Gasteiger charge is -2.15. The van der Waals surface area contributed by atoms with Gasteiger partial charge < -0.3 is 14.8 Å². The van der Waals surface area contributed by atoms with Gasteiger partial charge in [0.25, 0.3) is 5.91 Å². The number of hydrogen-bond donors (Lipinski definition) is 1. The van der Waals surface area contributed by atoms with Crippen molar-refractivity contribution in [2.45, 2.75) is 26.4 Å². The summed E-state index contributed by atoms with van der Waals surface area (Å²) in [6.45, 7) is 3.42. The highest BCUT2D eigenvalue weighted by molar-refractivity contribution is 7.13. The van der Waals surface area contributed by atoms with Gasteiger partial charge in [-0.15, -0.1) is 11.3 Å². The highest BCUT2D eigenvalue weighted by Gasteiger charge is 2.20. The van der Waals surface area contributed by atoms with Gasteiger partial charge in [-0.2, -0.15) is 0 Å². The Kier molecular flexibility index (Phi) is 6.50. The number of nitrogens with one attached hydrogen (secondary N) is 1. The third-order valence-electron chi connectivity index (χ3n) is 3.92. The normalized spacial score (nSPS) is 11.6. The Morgan fingerprint density at radius 3 is 2.72 bits per heavy atom. The van der Waals surface area contributed by atoms with Gasteiger partial charge in [0.15, 0.2) is 16.9 Å². The lowest BCUT2D eigenvalue weighted by molar-refractivity contribution is -0.152. The average Bonchev–Trinajstić information content (AvgIpc) is 3.17. The van der Waals surface area contributed by atoms with E-state index in [1.54, 1.807) is 36.0 Å². The molecule has 2 heterocycles. The van der Waals surface area contributed by atoms with E-state index in [1.165, 1.54) is 25.4 Å². The van der Waals surface area contributed by atoms with Crippen LogP contribution in [0.4, 0.5) is 5.69 Å². The van der Waals surface area contributed by atoms with Gasteiger partial charge in [0.05, 0.1) is 24.9 Å². The topological polar surface area (TPSA) is 103 Å². The number of rotatable bonds is 7. The quantitative estimate of drug-likeness (QED) is 0.595. The van der Waals surface area contributed by atoms with Crippen LogP contribution in [0.5, 0.6) is 5.75 Å². The molecule has 0 aliphatic carbocycles. The van der Waals surface area contributed by atoms with Gasteiger partial charge in [-0.25, -0.2) is 15.0 Å². The fraction of sp³-hybridized carbons (Fsp3) is 0.250. The van der Waals surface area contributed by atoms with Crippen LogP contribution in [0.15, 0.2) is 42.0 Å². The Morgan fingerprint density at radius 1 is 1.24 bits per heavy atom. The van der Waals surface area contributed by atoms with Gasteiger partial charge >= 0.3 is 5.97 Å². The van der Waals surface area contributed by atoms with Crippen molar-refractivity contribution in [3.05, 3.63) is 53.3 Å². The van der Waals surface area contributed by atoms with Gasteiger partial charge in [-0.05, 0) is 37.6 Å². The third kappa shape index (κ3) is 5.35. The summed E-state index contributed by atoms with van der Waals surface area (Å²) in [7, 11) is 1.52. The van der Waals surface area contributed by atoms with E-state index in [9.17, 15) is 9.59 Å². The Balaban J connectivity index is 1.57. The second kappa shape index (κ2) is 9.24. The van der Waals surface area contributed by atoms with E-state index in [2.05, 4.69) is 20.3 Å². The zero-order chi connectivity index (χ0) is 20.8. The first-order valence-electron chi connectivity index (χ1n) is 8.83. The summed E-state index contributed by atoms with van der Waals surface area (Å²) in [4.78, 5) is 37.2. The second-order valence-electron chi connectivity index (χ2n) is 6.22. The van der Waals surface area contributed by atoms with Crippen LogP contribution in [0.1, 0.15) is 18.2 Å². The second-order valence-corrected chi connectivity index (χ2v) is 7.08. The lowest BCUT2D eigenvalue weighted by atomic mass is 10.2. The molecular weight excluding hydrogens is 392 g/mol. The largest absolute Gasteiger partial charge is 0.495 e. The number of aromatic nitrogens is 3. The molecule has 1 unspecified atom stereocenters. The molecule has 0 aliphatic heterocycles. The number of esters is 1. The summed E-state index contributed by atoms with van der Waals surface area (Å²) in [6.07, 6.45) is 2.24. The van der Waals surface area contributed by atoms with Crippen LogP contribution in [-0.2, 0) is 20.7 Å². The minimum atomic E-state index is -0.969. The number of nitrogens with zero attached hydrogens (tertiary/aromatic N) is 3. The monoisotopic (exact) mass is 412 g/mol. The van der Waals surface area contributed by atoms with E-state index in [4.69, 9.17) is 9.47 Å². The first kappa shape index (κ1) is 20.4. The van der Waals surface area contributed by atoms with E-state index in [0.717, 1.165) is 5.56 Å². The maximum absolute atomic E-state index is 12.4. The number of ether oxygens (including phenoxy) is 2. The molecule has 0 saturated carbocycles. The number of carbonyl (C=O) groups is 2. The molecule has 1 amide bonds. The standard InChI is InChI=1S/C20H20N4O4S/c1-12-5-6-16(27-3)15(9-12)24-19(26)13(2)28-17(25)10-14-11-29-20(23-14)18-21-7-4-8-22-18/h4-9,11,13H,10H2,1-3H3,(H,24,26). The van der Waals surface area contributed by atoms with E-state index in [1.807, 2.05) is 13.0 Å². The molecule has 1 N–H and O–H groups in total. The van der Waals surface area contributed by atoms with Crippen molar-refractivity contribution in [3.8, 4) is 16.6 Å². The summed E-state index contributed by atoms with van der Waals surface area (Å²) >= 11 is 1.34. The Morgan fingerprint density at radius 2 is 2.00 bits per heavy atom. The molecular formula is C20H20N4O4S. The average molecular weight is 412 g/mol. The SMILES string of the molecule is COc1ccc(C)cc1NC(=O)C(C)OC(=O)Cc1csc(-c2ncccn2)n1.